The maximum Gasteiger partial charge on any atom is 0.251 e. The van der Waals surface area contributed by atoms with E-state index in [-0.39, 0.29) is 5.56 Å². The normalized spacial score (nSPS) is 15.9. The van der Waals surface area contributed by atoms with Crippen LogP contribution in [0.15, 0.2) is 41.7 Å². The number of thiophene rings is 1. The van der Waals surface area contributed by atoms with Crippen LogP contribution in [-0.2, 0) is 13.1 Å². The third kappa shape index (κ3) is 5.75. The van der Waals surface area contributed by atoms with Crippen molar-refractivity contribution < 1.29 is 0 Å². The highest BCUT2D eigenvalue weighted by Gasteiger charge is 2.19. The summed E-state index contributed by atoms with van der Waals surface area (Å²) < 4.78 is 3.18. The lowest BCUT2D eigenvalue weighted by molar-refractivity contribution is 0.190. The third-order valence-corrected chi connectivity index (χ3v) is 6.81. The van der Waals surface area contributed by atoms with Gasteiger partial charge in [0.2, 0.25) is 0 Å². The summed E-state index contributed by atoms with van der Waals surface area (Å²) in [5.74, 6) is 0. The topological polar surface area (TPSA) is 63.3 Å². The summed E-state index contributed by atoms with van der Waals surface area (Å²) in [5, 5.41) is 3.72. The molecule has 1 fully saturated rings. The molecular formula is C21H30B2N4OS. The molecule has 0 radical (unpaired) electrons. The first-order valence-electron chi connectivity index (χ1n) is 10.3. The fourth-order valence-electron chi connectivity index (χ4n) is 3.77. The maximum absolute atomic E-state index is 12.3. The molecular weight excluding hydrogens is 378 g/mol. The molecule has 0 amide bonds. The molecule has 29 heavy (non-hydrogen) atoms. The van der Waals surface area contributed by atoms with Gasteiger partial charge in [0.15, 0.2) is 7.85 Å². The van der Waals surface area contributed by atoms with E-state index in [9.17, 15) is 4.79 Å². The molecule has 3 N–H and O–H groups in total. The van der Waals surface area contributed by atoms with Gasteiger partial charge in [0, 0.05) is 36.6 Å². The van der Waals surface area contributed by atoms with Crippen molar-refractivity contribution in [3.05, 3.63) is 57.9 Å². The fraction of sp³-hybridized carbons (Fsp3) is 0.381. The molecule has 2 aromatic heterocycles. The number of likely N-dealkylation sites (tertiary alicyclic amines) is 1. The molecule has 5 nitrogen and oxygen atoms in total. The first-order valence-corrected chi connectivity index (χ1v) is 11.1. The van der Waals surface area contributed by atoms with Crippen molar-refractivity contribution in [2.75, 3.05) is 25.4 Å². The molecule has 0 aliphatic carbocycles. The van der Waals surface area contributed by atoms with Crippen LogP contribution in [-0.4, -0.2) is 50.8 Å². The van der Waals surface area contributed by atoms with Gasteiger partial charge in [-0.15, -0.1) is 0 Å². The SMILES string of the molecule is Bc1cc(CNC2CCN(CCn3c(/C=C\C=C)c(N)ccc3=O)CC2)sc1B. The van der Waals surface area contributed by atoms with Crippen LogP contribution in [0.1, 0.15) is 23.4 Å². The van der Waals surface area contributed by atoms with E-state index in [1.807, 2.05) is 23.5 Å². The van der Waals surface area contributed by atoms with E-state index in [0.29, 0.717) is 18.3 Å². The quantitative estimate of drug-likeness (QED) is 0.455. The van der Waals surface area contributed by atoms with Gasteiger partial charge in [0.05, 0.1) is 11.4 Å². The van der Waals surface area contributed by atoms with Crippen LogP contribution in [0.4, 0.5) is 5.69 Å². The van der Waals surface area contributed by atoms with Crippen molar-refractivity contribution in [1.29, 1.82) is 0 Å². The molecule has 0 unspecified atom stereocenters. The van der Waals surface area contributed by atoms with Crippen LogP contribution < -0.4 is 26.8 Å². The zero-order valence-electron chi connectivity index (χ0n) is 17.5. The first-order chi connectivity index (χ1) is 14.0. The molecule has 0 bridgehead atoms. The van der Waals surface area contributed by atoms with Crippen molar-refractivity contribution >= 4 is 49.0 Å². The second-order valence-corrected chi connectivity index (χ2v) is 9.05. The monoisotopic (exact) mass is 408 g/mol. The summed E-state index contributed by atoms with van der Waals surface area (Å²) in [4.78, 5) is 16.2. The predicted octanol–water partition coefficient (Wildman–Crippen LogP) is -0.538. The Labute approximate surface area is 179 Å². The highest BCUT2D eigenvalue weighted by molar-refractivity contribution is 7.21. The van der Waals surface area contributed by atoms with Crippen molar-refractivity contribution in [2.24, 2.45) is 0 Å². The number of allylic oxidation sites excluding steroid dienone is 2. The van der Waals surface area contributed by atoms with E-state index in [4.69, 9.17) is 5.73 Å². The van der Waals surface area contributed by atoms with Gasteiger partial charge in [0.1, 0.15) is 7.85 Å². The molecule has 0 aromatic carbocycles. The molecule has 3 rings (SSSR count). The number of nitrogens with two attached hydrogens (primary N) is 1. The number of anilines is 1. The number of hydrogen-bond donors (Lipinski definition) is 2. The lowest BCUT2D eigenvalue weighted by Crippen LogP contribution is -2.43. The molecule has 1 saturated heterocycles. The van der Waals surface area contributed by atoms with Gasteiger partial charge >= 0.3 is 0 Å². The van der Waals surface area contributed by atoms with Crippen LogP contribution in [0.2, 0.25) is 0 Å². The summed E-state index contributed by atoms with van der Waals surface area (Å²) in [6.07, 6.45) is 7.64. The zero-order chi connectivity index (χ0) is 20.8. The highest BCUT2D eigenvalue weighted by Crippen LogP contribution is 2.14. The average Bonchev–Trinajstić information content (AvgIpc) is 3.04. The Hall–Kier alpha value is -2.02. The third-order valence-electron chi connectivity index (χ3n) is 5.66. The smallest absolute Gasteiger partial charge is 0.251 e. The van der Waals surface area contributed by atoms with Crippen molar-refractivity contribution in [2.45, 2.75) is 32.0 Å². The van der Waals surface area contributed by atoms with Gasteiger partial charge in [-0.3, -0.25) is 4.79 Å². The summed E-state index contributed by atoms with van der Waals surface area (Å²) in [7, 11) is 4.37. The lowest BCUT2D eigenvalue weighted by atomic mass is 9.89. The van der Waals surface area contributed by atoms with Crippen molar-refractivity contribution in [1.82, 2.24) is 14.8 Å². The minimum Gasteiger partial charge on any atom is -0.397 e. The number of hydrogen-bond acceptors (Lipinski definition) is 5. The Morgan fingerprint density at radius 2 is 2.03 bits per heavy atom. The number of pyridine rings is 1. The standard InChI is InChI=1S/C21H30B2N4OS/c1-2-3-4-19-18(24)5-6-20(28)27(19)12-11-26-9-7-15(8-10-26)25-14-16-13-17(22)21(23)29-16/h2-6,13,15,25H,1,7-12,14,22-24H2/b4-3-. The number of nitrogen functional groups attached to an aromatic ring is 1. The van der Waals surface area contributed by atoms with Gasteiger partial charge in [-0.2, -0.15) is 11.3 Å². The van der Waals surface area contributed by atoms with E-state index >= 15 is 0 Å². The molecule has 0 atom stereocenters. The van der Waals surface area contributed by atoms with Crippen LogP contribution >= 0.6 is 11.3 Å². The Balaban J connectivity index is 1.50. The van der Waals surface area contributed by atoms with Crippen molar-refractivity contribution in [3.63, 3.8) is 0 Å². The Morgan fingerprint density at radius 1 is 1.28 bits per heavy atom. The second-order valence-electron chi connectivity index (χ2n) is 7.71. The van der Waals surface area contributed by atoms with E-state index < -0.39 is 0 Å². The number of rotatable bonds is 8. The van der Waals surface area contributed by atoms with E-state index in [1.54, 1.807) is 22.8 Å². The molecule has 3 heterocycles. The number of nitrogens with zero attached hydrogens (tertiary/aromatic N) is 2. The largest absolute Gasteiger partial charge is 0.397 e. The van der Waals surface area contributed by atoms with E-state index in [2.05, 4.69) is 38.6 Å². The van der Waals surface area contributed by atoms with Crippen molar-refractivity contribution in [3.8, 4) is 0 Å². The maximum atomic E-state index is 12.3. The van der Waals surface area contributed by atoms with Gasteiger partial charge in [-0.1, -0.05) is 30.3 Å². The van der Waals surface area contributed by atoms with Gasteiger partial charge in [-0.25, -0.2) is 0 Å². The van der Waals surface area contributed by atoms with E-state index in [1.165, 1.54) is 15.1 Å². The predicted molar refractivity (Wildman–Crippen MR) is 131 cm³/mol. The van der Waals surface area contributed by atoms with Gasteiger partial charge in [0.25, 0.3) is 5.56 Å². The molecule has 152 valence electrons. The summed E-state index contributed by atoms with van der Waals surface area (Å²) in [6.45, 7) is 8.26. The molecule has 0 spiro atoms. The number of piperidine rings is 1. The summed E-state index contributed by atoms with van der Waals surface area (Å²) in [5.41, 5.74) is 8.84. The van der Waals surface area contributed by atoms with Crippen LogP contribution in [0.5, 0.6) is 0 Å². The number of nitrogens with one attached hydrogen (secondary N) is 1. The van der Waals surface area contributed by atoms with Gasteiger partial charge in [-0.05, 0) is 42.9 Å². The molecule has 2 aromatic rings. The minimum absolute atomic E-state index is 0.0130. The Bertz CT molecular complexity index is 910. The fourth-order valence-corrected chi connectivity index (χ4v) is 4.78. The molecule has 1 aliphatic rings. The van der Waals surface area contributed by atoms with Gasteiger partial charge < -0.3 is 20.5 Å². The Morgan fingerprint density at radius 3 is 2.69 bits per heavy atom. The minimum atomic E-state index is -0.0130. The molecule has 1 aliphatic heterocycles. The van der Waals surface area contributed by atoms with Crippen LogP contribution in [0.3, 0.4) is 0 Å². The molecule has 8 heteroatoms. The van der Waals surface area contributed by atoms with Crippen LogP contribution in [0.25, 0.3) is 6.08 Å². The van der Waals surface area contributed by atoms with E-state index in [0.717, 1.165) is 44.7 Å². The average molecular weight is 408 g/mol. The highest BCUT2D eigenvalue weighted by atomic mass is 32.1. The summed E-state index contributed by atoms with van der Waals surface area (Å²) >= 11 is 1.89. The van der Waals surface area contributed by atoms with Crippen LogP contribution in [0, 0.1) is 0 Å². The molecule has 0 saturated carbocycles. The summed E-state index contributed by atoms with van der Waals surface area (Å²) in [6, 6.07) is 6.08. The second kappa shape index (κ2) is 10.1. The number of aromatic nitrogens is 1. The Kier molecular flexibility index (Phi) is 7.58. The first kappa shape index (κ1) is 21.7. The lowest BCUT2D eigenvalue weighted by Gasteiger charge is -2.32. The zero-order valence-corrected chi connectivity index (χ0v) is 18.3.